The molecule has 0 aliphatic rings. The monoisotopic (exact) mass is 687 g/mol. The summed E-state index contributed by atoms with van der Waals surface area (Å²) in [6.07, 6.45) is 0. The summed E-state index contributed by atoms with van der Waals surface area (Å²) in [4.78, 5) is 0. The second kappa shape index (κ2) is 12.3. The molecule has 0 aliphatic carbocycles. The molecule has 0 saturated heterocycles. The first kappa shape index (κ1) is 25.9. The van der Waals surface area contributed by atoms with Gasteiger partial charge in [0.2, 0.25) is 0 Å². The Morgan fingerprint density at radius 1 is 0.241 bits per heavy atom. The van der Waals surface area contributed by atoms with Crippen LogP contribution >= 0.6 is 0 Å². The Morgan fingerprint density at radius 3 is 1.30 bits per heavy atom. The summed E-state index contributed by atoms with van der Waals surface area (Å²) < 4.78 is 43.6. The van der Waals surface area contributed by atoms with E-state index in [4.69, 9.17) is 6.85 Å². The predicted molar refractivity (Wildman–Crippen MR) is 233 cm³/mol. The van der Waals surface area contributed by atoms with Gasteiger partial charge in [0.25, 0.3) is 0 Å². The average molecular weight is 688 g/mol. The van der Waals surface area contributed by atoms with E-state index in [1.165, 1.54) is 37.9 Å². The molecule has 250 valence electrons. The van der Waals surface area contributed by atoms with Crippen LogP contribution in [0.4, 0.5) is 0 Å². The van der Waals surface area contributed by atoms with Crippen LogP contribution in [0.5, 0.6) is 0 Å². The van der Waals surface area contributed by atoms with E-state index in [1.54, 1.807) is 0 Å². The van der Waals surface area contributed by atoms with Gasteiger partial charge in [-0.05, 0) is 133 Å². The lowest BCUT2D eigenvalue weighted by molar-refractivity contribution is 1.63. The fourth-order valence-corrected chi connectivity index (χ4v) is 8.61. The first-order valence-corrected chi connectivity index (χ1v) is 18.3. The van der Waals surface area contributed by atoms with Gasteiger partial charge in [-0.2, -0.15) is 0 Å². The maximum atomic E-state index is 9.06. The normalized spacial score (nSPS) is 13.0. The number of hydrogen-bond donors (Lipinski definition) is 0. The fraction of sp³-hybridized carbons (Fsp3) is 0. The first-order valence-electron chi connectivity index (χ1n) is 20.8. The van der Waals surface area contributed by atoms with Crippen molar-refractivity contribution in [2.75, 3.05) is 0 Å². The van der Waals surface area contributed by atoms with E-state index < -0.39 is 6.04 Å². The molecule has 0 nitrogen and oxygen atoms in total. The molecule has 0 unspecified atom stereocenters. The summed E-state index contributed by atoms with van der Waals surface area (Å²) in [6.45, 7) is 0. The van der Waals surface area contributed by atoms with Crippen molar-refractivity contribution in [3.05, 3.63) is 206 Å². The van der Waals surface area contributed by atoms with Gasteiger partial charge in [0.05, 0.1) is 6.85 Å². The minimum Gasteiger partial charge on any atom is -0.0622 e. The third kappa shape index (κ3) is 4.85. The summed E-state index contributed by atoms with van der Waals surface area (Å²) >= 11 is 0. The summed E-state index contributed by atoms with van der Waals surface area (Å²) in [6, 6.07) is 60.5. The summed E-state index contributed by atoms with van der Waals surface area (Å²) in [5, 5.41) is 13.3. The van der Waals surface area contributed by atoms with Crippen LogP contribution in [0, 0.1) is 0 Å². The van der Waals surface area contributed by atoms with Crippen molar-refractivity contribution in [3.63, 3.8) is 0 Å². The van der Waals surface area contributed by atoms with Crippen molar-refractivity contribution >= 4 is 64.6 Å². The Bertz CT molecular complexity index is 3490. The van der Waals surface area contributed by atoms with Crippen LogP contribution < -0.4 is 0 Å². The van der Waals surface area contributed by atoms with Crippen LogP contribution in [0.15, 0.2) is 206 Å². The smallest absolute Gasteiger partial charge is 0.0622 e. The van der Waals surface area contributed by atoms with Crippen LogP contribution in [0.2, 0.25) is 0 Å². The minimum absolute atomic E-state index is 0.204. The maximum absolute atomic E-state index is 9.06. The van der Waals surface area contributed by atoms with Gasteiger partial charge in [-0.1, -0.05) is 182 Å². The number of fused-ring (bicyclic) bond motifs is 9. The second-order valence-electron chi connectivity index (χ2n) is 14.1. The molecule has 0 spiro atoms. The molecule has 0 heterocycles. The molecular formula is C54H34. The highest BCUT2D eigenvalue weighted by Gasteiger charge is 2.18. The molecule has 0 saturated carbocycles. The Hall–Kier alpha value is -7.02. The predicted octanol–water partition coefficient (Wildman–Crippen LogP) is 15.3. The Morgan fingerprint density at radius 2 is 0.648 bits per heavy atom. The summed E-state index contributed by atoms with van der Waals surface area (Å²) in [5.41, 5.74) is 7.24. The molecular weight excluding hydrogens is 649 g/mol. The molecule has 11 aromatic carbocycles. The van der Waals surface area contributed by atoms with Gasteiger partial charge in [-0.3, -0.25) is 0 Å². The molecule has 0 radical (unpaired) electrons. The SMILES string of the molecule is [2H]c1c([2H])c([2H])c(-c2c3ccccc3c(-c3ccc4cc(-c5ccc6c7ccccc7c7ccccc7c6c5)ccc4c3)c3ccc(-c4ccccc4)cc23)c([2H])c1[2H]. The van der Waals surface area contributed by atoms with Crippen LogP contribution in [0.3, 0.4) is 0 Å². The first-order chi connectivity index (χ1) is 28.9. The van der Waals surface area contributed by atoms with Gasteiger partial charge in [-0.15, -0.1) is 0 Å². The van der Waals surface area contributed by atoms with Crippen molar-refractivity contribution in [1.82, 2.24) is 0 Å². The highest BCUT2D eigenvalue weighted by Crippen LogP contribution is 2.45. The van der Waals surface area contributed by atoms with E-state index in [1.807, 2.05) is 36.4 Å². The van der Waals surface area contributed by atoms with E-state index in [9.17, 15) is 0 Å². The Labute approximate surface area is 321 Å². The molecule has 0 amide bonds. The lowest BCUT2D eigenvalue weighted by Crippen LogP contribution is -1.92. The van der Waals surface area contributed by atoms with E-state index in [2.05, 4.69) is 140 Å². The van der Waals surface area contributed by atoms with Gasteiger partial charge in [0.15, 0.2) is 0 Å². The number of benzene rings is 11. The maximum Gasteiger partial charge on any atom is 0.0629 e. The zero-order valence-electron chi connectivity index (χ0n) is 34.2. The van der Waals surface area contributed by atoms with Gasteiger partial charge < -0.3 is 0 Å². The average Bonchev–Trinajstić information content (AvgIpc) is 3.29. The molecule has 54 heavy (non-hydrogen) atoms. The zero-order chi connectivity index (χ0) is 39.9. The third-order valence-electron chi connectivity index (χ3n) is 11.1. The third-order valence-corrected chi connectivity index (χ3v) is 11.1. The molecule has 0 heteroatoms. The second-order valence-corrected chi connectivity index (χ2v) is 14.1. The molecule has 0 aliphatic heterocycles. The van der Waals surface area contributed by atoms with Gasteiger partial charge in [0, 0.05) is 0 Å². The molecule has 0 atom stereocenters. The molecule has 11 rings (SSSR count). The zero-order valence-corrected chi connectivity index (χ0v) is 29.2. The van der Waals surface area contributed by atoms with Gasteiger partial charge in [0.1, 0.15) is 0 Å². The van der Waals surface area contributed by atoms with Crippen LogP contribution in [0.1, 0.15) is 6.85 Å². The summed E-state index contributed by atoms with van der Waals surface area (Å²) in [7, 11) is 0. The lowest BCUT2D eigenvalue weighted by Gasteiger charge is -2.19. The standard InChI is InChI=1S/C54H34/c1-3-13-35(14-4-1)40-28-30-50-52(34-40)53(36-15-5-2-6-16-36)48-21-11-12-22-49(48)54(50)42-26-25-37-31-38(23-24-39(37)32-42)41-27-29-47-45-19-8-7-17-43(45)44-18-9-10-20-46(44)51(47)33-41/h1-34H/i2D,5D,6D,15D,16D. The van der Waals surface area contributed by atoms with Crippen molar-refractivity contribution in [3.8, 4) is 44.5 Å². The van der Waals surface area contributed by atoms with E-state index >= 15 is 0 Å². The largest absolute Gasteiger partial charge is 0.0629 e. The number of hydrogen-bond acceptors (Lipinski definition) is 0. The molecule has 0 aromatic heterocycles. The quantitative estimate of drug-likeness (QED) is 0.128. The molecule has 0 bridgehead atoms. The van der Waals surface area contributed by atoms with Crippen molar-refractivity contribution in [1.29, 1.82) is 0 Å². The van der Waals surface area contributed by atoms with E-state index in [0.29, 0.717) is 5.56 Å². The Balaban J connectivity index is 1.11. The molecule has 11 aromatic rings. The fourth-order valence-electron chi connectivity index (χ4n) is 8.61. The van der Waals surface area contributed by atoms with Gasteiger partial charge >= 0.3 is 0 Å². The number of rotatable bonds is 4. The highest BCUT2D eigenvalue weighted by molar-refractivity contribution is 6.26. The van der Waals surface area contributed by atoms with Crippen molar-refractivity contribution in [2.24, 2.45) is 0 Å². The van der Waals surface area contributed by atoms with Gasteiger partial charge in [-0.25, -0.2) is 0 Å². The van der Waals surface area contributed by atoms with E-state index in [0.717, 1.165) is 60.1 Å². The minimum atomic E-state index is -0.402. The van der Waals surface area contributed by atoms with Crippen molar-refractivity contribution in [2.45, 2.75) is 0 Å². The van der Waals surface area contributed by atoms with Crippen molar-refractivity contribution < 1.29 is 6.85 Å². The van der Waals surface area contributed by atoms with Crippen LogP contribution in [-0.2, 0) is 0 Å². The van der Waals surface area contributed by atoms with E-state index in [-0.39, 0.29) is 29.7 Å². The Kier molecular flexibility index (Phi) is 5.89. The lowest BCUT2D eigenvalue weighted by atomic mass is 9.84. The van der Waals surface area contributed by atoms with Crippen LogP contribution in [0.25, 0.3) is 109 Å². The molecule has 0 N–H and O–H groups in total. The molecule has 0 fully saturated rings. The topological polar surface area (TPSA) is 0 Å². The van der Waals surface area contributed by atoms with Crippen LogP contribution in [-0.4, -0.2) is 0 Å². The highest BCUT2D eigenvalue weighted by atomic mass is 14.2. The summed E-state index contributed by atoms with van der Waals surface area (Å²) in [5.74, 6) is 0.